The molecule has 0 aromatic heterocycles. The number of nitrogens with zero attached hydrogens (tertiary/aromatic N) is 1. The van der Waals surface area contributed by atoms with Crippen molar-refractivity contribution in [2.24, 2.45) is 0 Å². The quantitative estimate of drug-likeness (QED) is 0.316. The fourth-order valence-corrected chi connectivity index (χ4v) is 0.654. The van der Waals surface area contributed by atoms with Gasteiger partial charge in [0.2, 0.25) is 0 Å². The average molecular weight is 133 g/mol. The molecule has 3 nitrogen and oxygen atoms in total. The minimum atomic E-state index is -0.505. The summed E-state index contributed by atoms with van der Waals surface area (Å²) in [5.41, 5.74) is 0.162. The van der Waals surface area contributed by atoms with Gasteiger partial charge in [0.1, 0.15) is 7.85 Å². The van der Waals surface area contributed by atoms with Crippen LogP contribution in [0.25, 0.3) is 0 Å². The smallest absolute Gasteiger partial charge is 0.258 e. The second-order valence-corrected chi connectivity index (χ2v) is 1.82. The summed E-state index contributed by atoms with van der Waals surface area (Å²) in [7, 11) is 5.28. The fourth-order valence-electron chi connectivity index (χ4n) is 0.654. The summed E-state index contributed by atoms with van der Waals surface area (Å²) in [6.45, 7) is 0. The molecule has 0 atom stereocenters. The summed E-state index contributed by atoms with van der Waals surface area (Å²) in [5.74, 6) is 0. The zero-order chi connectivity index (χ0) is 7.56. The normalized spacial score (nSPS) is 9.20. The highest BCUT2D eigenvalue weighted by atomic mass is 16.6. The van der Waals surface area contributed by atoms with Crippen molar-refractivity contribution in [3.8, 4) is 0 Å². The van der Waals surface area contributed by atoms with Crippen LogP contribution in [0.2, 0.25) is 0 Å². The molecule has 0 aliphatic carbocycles. The predicted molar refractivity (Wildman–Crippen MR) is 38.5 cm³/mol. The molecular weight excluding hydrogens is 129 g/mol. The largest absolute Gasteiger partial charge is 0.262 e. The molecule has 0 N–H and O–H groups in total. The molecule has 1 rings (SSSR count). The van der Waals surface area contributed by atoms with Crippen LogP contribution >= 0.6 is 0 Å². The van der Waals surface area contributed by atoms with E-state index in [9.17, 15) is 10.1 Å². The molecule has 0 amide bonds. The van der Waals surface area contributed by atoms with Crippen LogP contribution in [0.1, 0.15) is 0 Å². The van der Waals surface area contributed by atoms with Gasteiger partial charge in [-0.3, -0.25) is 10.1 Å². The lowest BCUT2D eigenvalue weighted by Gasteiger charge is -1.93. The van der Waals surface area contributed by atoms with E-state index in [1.807, 2.05) is 0 Å². The van der Waals surface area contributed by atoms with Crippen LogP contribution in [-0.2, 0) is 0 Å². The highest BCUT2D eigenvalue weighted by Gasteiger charge is 2.05. The van der Waals surface area contributed by atoms with Gasteiger partial charge in [-0.25, -0.2) is 0 Å². The monoisotopic (exact) mass is 133 g/mol. The molecule has 0 unspecified atom stereocenters. The van der Waals surface area contributed by atoms with E-state index in [1.165, 1.54) is 12.1 Å². The summed E-state index contributed by atoms with van der Waals surface area (Å²) >= 11 is 0. The highest BCUT2D eigenvalue weighted by molar-refractivity contribution is 6.34. The van der Waals surface area contributed by atoms with Crippen LogP contribution in [-0.4, -0.2) is 12.8 Å². The van der Waals surface area contributed by atoms with Crippen molar-refractivity contribution < 1.29 is 4.92 Å². The number of rotatable bonds is 1. The van der Waals surface area contributed by atoms with Crippen molar-refractivity contribution in [2.45, 2.75) is 0 Å². The third-order valence-electron chi connectivity index (χ3n) is 1.13. The molecule has 0 saturated heterocycles. The Labute approximate surface area is 59.2 Å². The van der Waals surface area contributed by atoms with E-state index in [1.54, 1.807) is 12.1 Å². The molecule has 0 saturated carbocycles. The summed E-state index contributed by atoms with van der Waals surface area (Å²) < 4.78 is 0. The SMILES string of the molecule is [B]c1ccccc1[N+](=O)[O-]. The zero-order valence-electron chi connectivity index (χ0n) is 5.15. The van der Waals surface area contributed by atoms with Gasteiger partial charge in [-0.15, -0.1) is 0 Å². The van der Waals surface area contributed by atoms with Crippen LogP contribution in [0.3, 0.4) is 0 Å². The molecule has 0 heterocycles. The van der Waals surface area contributed by atoms with E-state index >= 15 is 0 Å². The van der Waals surface area contributed by atoms with E-state index in [0.29, 0.717) is 0 Å². The summed E-state index contributed by atoms with van der Waals surface area (Å²) in [5, 5.41) is 10.1. The van der Waals surface area contributed by atoms with Gasteiger partial charge in [0.15, 0.2) is 0 Å². The van der Waals surface area contributed by atoms with Crippen molar-refractivity contribution in [1.82, 2.24) is 0 Å². The van der Waals surface area contributed by atoms with Gasteiger partial charge in [0, 0.05) is 6.07 Å². The molecule has 1 aromatic rings. The van der Waals surface area contributed by atoms with Gasteiger partial charge in [0.05, 0.1) is 4.92 Å². The molecular formula is C6H4BNO2. The number of hydrogen-bond acceptors (Lipinski definition) is 2. The number of para-hydroxylation sites is 1. The van der Waals surface area contributed by atoms with E-state index in [-0.39, 0.29) is 11.2 Å². The molecule has 4 heteroatoms. The van der Waals surface area contributed by atoms with E-state index in [0.717, 1.165) is 0 Å². The Morgan fingerprint density at radius 3 is 2.40 bits per heavy atom. The second kappa shape index (κ2) is 2.52. The second-order valence-electron chi connectivity index (χ2n) is 1.82. The van der Waals surface area contributed by atoms with Gasteiger partial charge < -0.3 is 0 Å². The van der Waals surface area contributed by atoms with Crippen LogP contribution in [0, 0.1) is 10.1 Å². The summed E-state index contributed by atoms with van der Waals surface area (Å²) in [6.07, 6.45) is 0. The predicted octanol–water partition coefficient (Wildman–Crippen LogP) is 0.389. The lowest BCUT2D eigenvalue weighted by molar-refractivity contribution is -0.383. The number of nitro benzene ring substituents is 1. The van der Waals surface area contributed by atoms with Crippen molar-refractivity contribution >= 4 is 19.0 Å². The maximum Gasteiger partial charge on any atom is 0.262 e. The molecule has 48 valence electrons. The molecule has 0 aliphatic rings. The molecule has 0 aliphatic heterocycles. The van der Waals surface area contributed by atoms with Crippen LogP contribution in [0.5, 0.6) is 0 Å². The number of benzene rings is 1. The third kappa shape index (κ3) is 1.15. The first kappa shape index (κ1) is 6.80. The summed E-state index contributed by atoms with van der Waals surface area (Å²) in [4.78, 5) is 9.64. The maximum atomic E-state index is 10.1. The Kier molecular flexibility index (Phi) is 1.71. The topological polar surface area (TPSA) is 43.1 Å². The van der Waals surface area contributed by atoms with Gasteiger partial charge in [-0.2, -0.15) is 0 Å². The van der Waals surface area contributed by atoms with E-state index in [4.69, 9.17) is 7.85 Å². The van der Waals surface area contributed by atoms with Gasteiger partial charge in [0.25, 0.3) is 5.69 Å². The minimum absolute atomic E-state index is 0.0394. The van der Waals surface area contributed by atoms with Crippen molar-refractivity contribution in [2.75, 3.05) is 0 Å². The Balaban J connectivity index is 3.15. The van der Waals surface area contributed by atoms with Crippen molar-refractivity contribution in [3.05, 3.63) is 34.4 Å². The molecule has 1 aromatic carbocycles. The van der Waals surface area contributed by atoms with Gasteiger partial charge in [-0.1, -0.05) is 18.2 Å². The van der Waals surface area contributed by atoms with Crippen LogP contribution in [0.15, 0.2) is 24.3 Å². The van der Waals surface area contributed by atoms with Crippen LogP contribution < -0.4 is 5.46 Å². The lowest BCUT2D eigenvalue weighted by atomic mass is 9.94. The minimum Gasteiger partial charge on any atom is -0.258 e. The average Bonchev–Trinajstić information content (AvgIpc) is 1.88. The Hall–Kier alpha value is -1.32. The zero-order valence-corrected chi connectivity index (χ0v) is 5.15. The van der Waals surface area contributed by atoms with Crippen molar-refractivity contribution in [1.29, 1.82) is 0 Å². The van der Waals surface area contributed by atoms with Crippen molar-refractivity contribution in [3.63, 3.8) is 0 Å². The number of nitro groups is 1. The molecule has 0 spiro atoms. The van der Waals surface area contributed by atoms with E-state index < -0.39 is 4.92 Å². The van der Waals surface area contributed by atoms with Crippen LogP contribution in [0.4, 0.5) is 5.69 Å². The van der Waals surface area contributed by atoms with Gasteiger partial charge in [-0.05, 0) is 5.46 Å². The van der Waals surface area contributed by atoms with E-state index in [2.05, 4.69) is 0 Å². The third-order valence-corrected chi connectivity index (χ3v) is 1.13. The fraction of sp³-hybridized carbons (Fsp3) is 0. The lowest BCUT2D eigenvalue weighted by Crippen LogP contribution is -2.07. The Morgan fingerprint density at radius 2 is 2.00 bits per heavy atom. The molecule has 0 bridgehead atoms. The molecule has 2 radical (unpaired) electrons. The first-order chi connectivity index (χ1) is 4.72. The maximum absolute atomic E-state index is 10.1. The highest BCUT2D eigenvalue weighted by Crippen LogP contribution is 2.03. The number of hydrogen-bond donors (Lipinski definition) is 0. The molecule has 0 fully saturated rings. The standard InChI is InChI=1S/C6H4BNO2/c7-5-3-1-2-4-6(5)8(9)10/h1-4H. The Bertz CT molecular complexity index is 262. The first-order valence-electron chi connectivity index (χ1n) is 2.70. The Morgan fingerprint density at radius 1 is 1.40 bits per heavy atom. The first-order valence-corrected chi connectivity index (χ1v) is 2.70. The summed E-state index contributed by atoms with van der Waals surface area (Å²) in [6, 6.07) is 6.10. The van der Waals surface area contributed by atoms with Gasteiger partial charge >= 0.3 is 0 Å². The molecule has 10 heavy (non-hydrogen) atoms.